The quantitative estimate of drug-likeness (QED) is 0.387. The molecule has 0 spiro atoms. The molecule has 0 aliphatic carbocycles. The van der Waals surface area contributed by atoms with Crippen LogP contribution in [-0.4, -0.2) is 14.6 Å². The van der Waals surface area contributed by atoms with E-state index in [-0.39, 0.29) is 0 Å². The maximum absolute atomic E-state index is 8.90. The molecular formula is C5H8Cl3NO. The molecule has 0 aromatic carbocycles. The van der Waals surface area contributed by atoms with Crippen molar-refractivity contribution in [1.29, 1.82) is 0 Å². The van der Waals surface area contributed by atoms with Crippen LogP contribution in [0.2, 0.25) is 0 Å². The van der Waals surface area contributed by atoms with E-state index in [1.807, 2.05) is 0 Å². The van der Waals surface area contributed by atoms with Crippen molar-refractivity contribution < 1.29 is 5.11 Å². The van der Waals surface area contributed by atoms with Crippen molar-refractivity contribution in [3.63, 3.8) is 0 Å². The molecule has 10 heavy (non-hydrogen) atoms. The van der Waals surface area contributed by atoms with E-state index in [1.165, 1.54) is 19.1 Å². The van der Waals surface area contributed by atoms with Crippen molar-refractivity contribution in [3.8, 4) is 0 Å². The molecule has 60 valence electrons. The Hall–Kier alpha value is 0.530. The van der Waals surface area contributed by atoms with Gasteiger partial charge >= 0.3 is 0 Å². The fourth-order valence-electron chi connectivity index (χ4n) is 0.263. The molecule has 0 amide bonds. The highest BCUT2D eigenvalue weighted by atomic mass is 35.6. The minimum absolute atomic E-state index is 1.19. The first-order chi connectivity index (χ1) is 4.21. The van der Waals surface area contributed by atoms with Crippen LogP contribution in [0.5, 0.6) is 0 Å². The van der Waals surface area contributed by atoms with Crippen molar-refractivity contribution in [3.05, 3.63) is 12.2 Å². The summed E-state index contributed by atoms with van der Waals surface area (Å²) in [5.41, 5.74) is 3.71. The summed E-state index contributed by atoms with van der Waals surface area (Å²) in [6.45, 7) is 1.37. The lowest BCUT2D eigenvalue weighted by Crippen LogP contribution is -2.33. The van der Waals surface area contributed by atoms with Crippen LogP contribution in [0.15, 0.2) is 12.2 Å². The van der Waals surface area contributed by atoms with Gasteiger partial charge in [0, 0.05) is 0 Å². The normalized spacial score (nSPS) is 19.4. The molecule has 0 radical (unpaired) electrons. The number of hydrogen-bond donors (Lipinski definition) is 2. The number of aliphatic hydroxyl groups is 1. The predicted octanol–water partition coefficient (Wildman–Crippen LogP) is 1.58. The van der Waals surface area contributed by atoms with E-state index in [4.69, 9.17) is 45.6 Å². The highest BCUT2D eigenvalue weighted by Crippen LogP contribution is 2.27. The Morgan fingerprint density at radius 2 is 1.70 bits per heavy atom. The highest BCUT2D eigenvalue weighted by Gasteiger charge is 2.16. The van der Waals surface area contributed by atoms with Gasteiger partial charge in [0.2, 0.25) is 3.79 Å². The van der Waals surface area contributed by atoms with Gasteiger partial charge in [-0.1, -0.05) is 34.8 Å². The zero-order chi connectivity index (χ0) is 8.41. The number of allylic oxidation sites excluding steroid dienone is 1. The third-order valence-corrected chi connectivity index (χ3v) is 0.988. The number of nitrogens with two attached hydrogens (primary N) is 1. The lowest BCUT2D eigenvalue weighted by atomic mass is 10.3. The van der Waals surface area contributed by atoms with Gasteiger partial charge in [-0.2, -0.15) is 0 Å². The lowest BCUT2D eigenvalue weighted by Gasteiger charge is -2.12. The summed E-state index contributed by atoms with van der Waals surface area (Å²) in [5.74, 6) is 0. The number of alkyl halides is 3. The van der Waals surface area contributed by atoms with Gasteiger partial charge in [-0.05, 0) is 19.1 Å². The van der Waals surface area contributed by atoms with E-state index < -0.39 is 9.52 Å². The van der Waals surface area contributed by atoms with E-state index in [0.717, 1.165) is 0 Å². The highest BCUT2D eigenvalue weighted by molar-refractivity contribution is 6.68. The van der Waals surface area contributed by atoms with Gasteiger partial charge in [0.05, 0.1) is 0 Å². The van der Waals surface area contributed by atoms with Crippen LogP contribution in [0.3, 0.4) is 0 Å². The van der Waals surface area contributed by atoms with Crippen LogP contribution in [-0.2, 0) is 0 Å². The van der Waals surface area contributed by atoms with Crippen LogP contribution < -0.4 is 5.73 Å². The van der Waals surface area contributed by atoms with E-state index in [9.17, 15) is 0 Å². The standard InChI is InChI=1S/C5H8Cl3NO/c1-4(9,10)2-3-5(6,7)8/h2-3,10H,9H2,1H3. The maximum atomic E-state index is 8.90. The summed E-state index contributed by atoms with van der Waals surface area (Å²) >= 11 is 15.9. The molecule has 0 bridgehead atoms. The zero-order valence-corrected chi connectivity index (χ0v) is 7.58. The Bertz CT molecular complexity index is 117. The third-order valence-electron chi connectivity index (χ3n) is 0.610. The van der Waals surface area contributed by atoms with Crippen molar-refractivity contribution >= 4 is 34.8 Å². The van der Waals surface area contributed by atoms with Gasteiger partial charge in [0.15, 0.2) is 0 Å². The summed E-state index contributed by atoms with van der Waals surface area (Å²) in [5, 5.41) is 8.90. The topological polar surface area (TPSA) is 46.2 Å². The fourth-order valence-corrected chi connectivity index (χ4v) is 0.452. The molecular weight excluding hydrogens is 196 g/mol. The molecule has 0 rings (SSSR count). The second-order valence-electron chi connectivity index (χ2n) is 2.10. The fraction of sp³-hybridized carbons (Fsp3) is 0.600. The maximum Gasteiger partial charge on any atom is 0.209 e. The summed E-state index contributed by atoms with van der Waals surface area (Å²) in [6.07, 6.45) is 2.40. The van der Waals surface area contributed by atoms with E-state index in [2.05, 4.69) is 0 Å². The molecule has 0 saturated heterocycles. The molecule has 3 N–H and O–H groups in total. The molecule has 5 heteroatoms. The van der Waals surface area contributed by atoms with Crippen LogP contribution >= 0.6 is 34.8 Å². The van der Waals surface area contributed by atoms with Gasteiger partial charge in [0.25, 0.3) is 0 Å². The van der Waals surface area contributed by atoms with Crippen LogP contribution in [0.4, 0.5) is 0 Å². The molecule has 0 aromatic rings. The monoisotopic (exact) mass is 203 g/mol. The van der Waals surface area contributed by atoms with Gasteiger partial charge in [-0.25, -0.2) is 0 Å². The first-order valence-corrected chi connectivity index (χ1v) is 3.62. The van der Waals surface area contributed by atoms with Crippen LogP contribution in [0.25, 0.3) is 0 Å². The molecule has 1 unspecified atom stereocenters. The van der Waals surface area contributed by atoms with Crippen molar-refractivity contribution in [2.24, 2.45) is 5.73 Å². The lowest BCUT2D eigenvalue weighted by molar-refractivity contribution is 0.119. The molecule has 0 aromatic heterocycles. The number of rotatable bonds is 1. The van der Waals surface area contributed by atoms with E-state index in [1.54, 1.807) is 0 Å². The third kappa shape index (κ3) is 8.53. The molecule has 0 aliphatic rings. The molecule has 1 atom stereocenters. The molecule has 0 fully saturated rings. The average Bonchev–Trinajstić information content (AvgIpc) is 1.57. The van der Waals surface area contributed by atoms with Gasteiger partial charge in [-0.15, -0.1) is 0 Å². The first-order valence-electron chi connectivity index (χ1n) is 2.49. The Labute approximate surface area is 74.6 Å². The molecule has 2 nitrogen and oxygen atoms in total. The van der Waals surface area contributed by atoms with Crippen LogP contribution in [0.1, 0.15) is 6.92 Å². The van der Waals surface area contributed by atoms with E-state index in [0.29, 0.717) is 0 Å². The summed E-state index contributed by atoms with van der Waals surface area (Å²) in [6, 6.07) is 0. The number of halogens is 3. The van der Waals surface area contributed by atoms with Gasteiger partial charge < -0.3 is 10.8 Å². The molecule has 0 heterocycles. The van der Waals surface area contributed by atoms with Gasteiger partial charge in [-0.3, -0.25) is 0 Å². The summed E-state index contributed by atoms with van der Waals surface area (Å²) in [4.78, 5) is 0. The Balaban J connectivity index is 4.01. The summed E-state index contributed by atoms with van der Waals surface area (Å²) < 4.78 is -1.50. The summed E-state index contributed by atoms with van der Waals surface area (Å²) in [7, 11) is 0. The zero-order valence-electron chi connectivity index (χ0n) is 5.31. The van der Waals surface area contributed by atoms with Crippen molar-refractivity contribution in [2.75, 3.05) is 0 Å². The Morgan fingerprint density at radius 3 is 1.80 bits per heavy atom. The Morgan fingerprint density at radius 1 is 1.30 bits per heavy atom. The molecule has 0 saturated carbocycles. The minimum Gasteiger partial charge on any atom is -0.373 e. The van der Waals surface area contributed by atoms with E-state index >= 15 is 0 Å². The van der Waals surface area contributed by atoms with Crippen LogP contribution in [0, 0.1) is 0 Å². The second-order valence-corrected chi connectivity index (χ2v) is 4.47. The Kier molecular flexibility index (Phi) is 3.46. The largest absolute Gasteiger partial charge is 0.373 e. The second kappa shape index (κ2) is 3.28. The van der Waals surface area contributed by atoms with Crippen molar-refractivity contribution in [1.82, 2.24) is 0 Å². The minimum atomic E-state index is -1.50. The smallest absolute Gasteiger partial charge is 0.209 e. The van der Waals surface area contributed by atoms with Gasteiger partial charge in [0.1, 0.15) is 5.72 Å². The first kappa shape index (κ1) is 10.5. The van der Waals surface area contributed by atoms with Crippen molar-refractivity contribution in [2.45, 2.75) is 16.4 Å². The molecule has 0 aliphatic heterocycles. The average molecular weight is 204 g/mol. The number of hydrogen-bond acceptors (Lipinski definition) is 2. The predicted molar refractivity (Wildman–Crippen MR) is 44.2 cm³/mol. The SMILES string of the molecule is CC(N)(O)C=CC(Cl)(Cl)Cl.